The van der Waals surface area contributed by atoms with Gasteiger partial charge in [0.25, 0.3) is 0 Å². The van der Waals surface area contributed by atoms with Crippen LogP contribution in [0.4, 0.5) is 4.39 Å². The highest BCUT2D eigenvalue weighted by Gasteiger charge is 2.36. The first kappa shape index (κ1) is 14.0. The van der Waals surface area contributed by atoms with Crippen LogP contribution in [0.3, 0.4) is 0 Å². The number of ether oxygens (including phenoxy) is 2. The number of hydrogen-bond acceptors (Lipinski definition) is 4. The van der Waals surface area contributed by atoms with Gasteiger partial charge in [0.05, 0.1) is 4.90 Å². The van der Waals surface area contributed by atoms with Gasteiger partial charge in [0, 0.05) is 19.8 Å². The monoisotopic (exact) mass is 263 g/mol. The lowest BCUT2D eigenvalue weighted by molar-refractivity contribution is -0.226. The number of hydrogen-bond donors (Lipinski definition) is 1. The predicted octanol–water partition coefficient (Wildman–Crippen LogP) is 0.749. The summed E-state index contributed by atoms with van der Waals surface area (Å²) >= 11 is 0. The summed E-state index contributed by atoms with van der Waals surface area (Å²) in [4.78, 5) is -0.221. The van der Waals surface area contributed by atoms with E-state index in [9.17, 15) is 12.8 Å². The van der Waals surface area contributed by atoms with E-state index in [1.54, 1.807) is 6.07 Å². The zero-order valence-electron chi connectivity index (χ0n) is 9.51. The number of rotatable bonds is 5. The maximum absolute atomic E-state index is 13.1. The highest BCUT2D eigenvalue weighted by molar-refractivity contribution is 7.89. The van der Waals surface area contributed by atoms with Gasteiger partial charge < -0.3 is 9.47 Å². The molecule has 0 atom stereocenters. The lowest BCUT2D eigenvalue weighted by atomic mass is 10.1. The zero-order chi connectivity index (χ0) is 13.1. The Hall–Kier alpha value is -1.02. The van der Waals surface area contributed by atoms with Crippen LogP contribution in [0.5, 0.6) is 0 Å². The van der Waals surface area contributed by atoms with Crippen molar-refractivity contribution in [3.8, 4) is 0 Å². The van der Waals surface area contributed by atoms with Gasteiger partial charge in [-0.05, 0) is 6.07 Å². The van der Waals surface area contributed by atoms with Gasteiger partial charge in [-0.1, -0.05) is 18.2 Å². The van der Waals surface area contributed by atoms with Gasteiger partial charge in [-0.25, -0.2) is 17.9 Å². The molecule has 0 aliphatic heterocycles. The van der Waals surface area contributed by atoms with Crippen molar-refractivity contribution in [2.45, 2.75) is 10.7 Å². The van der Waals surface area contributed by atoms with Gasteiger partial charge in [0.2, 0.25) is 15.8 Å². The summed E-state index contributed by atoms with van der Waals surface area (Å²) in [7, 11) is -1.52. The van der Waals surface area contributed by atoms with Gasteiger partial charge >= 0.3 is 0 Å². The quantitative estimate of drug-likeness (QED) is 0.795. The fourth-order valence-electron chi connectivity index (χ4n) is 1.51. The zero-order valence-corrected chi connectivity index (χ0v) is 10.3. The summed E-state index contributed by atoms with van der Waals surface area (Å²) in [5, 5.41) is 5.06. The fraction of sp³-hybridized carbons (Fsp3) is 0.400. The van der Waals surface area contributed by atoms with Crippen LogP contribution in [0.15, 0.2) is 29.2 Å². The second kappa shape index (κ2) is 5.09. The van der Waals surface area contributed by atoms with Crippen molar-refractivity contribution in [3.05, 3.63) is 29.8 Å². The van der Waals surface area contributed by atoms with Gasteiger partial charge in [-0.3, -0.25) is 0 Å². The van der Waals surface area contributed by atoms with E-state index in [1.165, 1.54) is 32.4 Å². The minimum absolute atomic E-state index is 0.0370. The molecule has 17 heavy (non-hydrogen) atoms. The molecule has 0 spiro atoms. The SMILES string of the molecule is COC(CF)(OC)c1ccccc1S(N)(=O)=O. The lowest BCUT2D eigenvalue weighted by Crippen LogP contribution is -2.35. The third-order valence-electron chi connectivity index (χ3n) is 2.44. The van der Waals surface area contributed by atoms with Crippen molar-refractivity contribution >= 4 is 10.0 Å². The summed E-state index contributed by atoms with van der Waals surface area (Å²) in [5.41, 5.74) is 0.0370. The Morgan fingerprint density at radius 1 is 1.29 bits per heavy atom. The minimum atomic E-state index is -3.97. The molecule has 0 bridgehead atoms. The summed E-state index contributed by atoms with van der Waals surface area (Å²) < 4.78 is 45.7. The Morgan fingerprint density at radius 3 is 2.24 bits per heavy atom. The van der Waals surface area contributed by atoms with Gasteiger partial charge in [-0.2, -0.15) is 0 Å². The third kappa shape index (κ3) is 2.63. The van der Waals surface area contributed by atoms with E-state index in [-0.39, 0.29) is 10.5 Å². The molecule has 0 heterocycles. The van der Waals surface area contributed by atoms with E-state index in [0.717, 1.165) is 0 Å². The van der Waals surface area contributed by atoms with Crippen LogP contribution in [-0.4, -0.2) is 29.3 Å². The fourth-order valence-corrected chi connectivity index (χ4v) is 2.31. The van der Waals surface area contributed by atoms with Crippen LogP contribution in [0.2, 0.25) is 0 Å². The summed E-state index contributed by atoms with van der Waals surface area (Å²) in [6.07, 6.45) is 0. The maximum Gasteiger partial charge on any atom is 0.238 e. The summed E-state index contributed by atoms with van der Waals surface area (Å²) in [6, 6.07) is 5.70. The van der Waals surface area contributed by atoms with E-state index in [1.807, 2.05) is 0 Å². The molecule has 0 unspecified atom stereocenters. The number of nitrogens with two attached hydrogens (primary N) is 1. The minimum Gasteiger partial charge on any atom is -0.347 e. The highest BCUT2D eigenvalue weighted by Crippen LogP contribution is 2.31. The molecular formula is C10H14FNO4S. The Kier molecular flexibility index (Phi) is 4.21. The van der Waals surface area contributed by atoms with E-state index in [2.05, 4.69) is 0 Å². The predicted molar refractivity (Wildman–Crippen MR) is 59.5 cm³/mol. The first-order valence-corrected chi connectivity index (χ1v) is 6.24. The molecule has 2 N–H and O–H groups in total. The molecule has 5 nitrogen and oxygen atoms in total. The van der Waals surface area contributed by atoms with Crippen molar-refractivity contribution < 1.29 is 22.3 Å². The smallest absolute Gasteiger partial charge is 0.238 e. The van der Waals surface area contributed by atoms with Crippen LogP contribution >= 0.6 is 0 Å². The first-order chi connectivity index (χ1) is 7.91. The molecule has 0 fully saturated rings. The van der Waals surface area contributed by atoms with Gasteiger partial charge in [0.15, 0.2) is 0 Å². The number of sulfonamides is 1. The van der Waals surface area contributed by atoms with Gasteiger partial charge in [-0.15, -0.1) is 0 Å². The number of benzene rings is 1. The van der Waals surface area contributed by atoms with E-state index < -0.39 is 22.5 Å². The first-order valence-electron chi connectivity index (χ1n) is 4.70. The van der Waals surface area contributed by atoms with Crippen molar-refractivity contribution in [2.24, 2.45) is 5.14 Å². The van der Waals surface area contributed by atoms with Crippen molar-refractivity contribution in [1.82, 2.24) is 0 Å². The normalized spacial score (nSPS) is 12.7. The topological polar surface area (TPSA) is 78.6 Å². The Labute approximate surface area is 99.4 Å². The third-order valence-corrected chi connectivity index (χ3v) is 3.41. The molecule has 7 heteroatoms. The largest absolute Gasteiger partial charge is 0.347 e. The van der Waals surface area contributed by atoms with Gasteiger partial charge in [0.1, 0.15) is 6.67 Å². The second-order valence-corrected chi connectivity index (χ2v) is 4.87. The molecule has 1 aromatic carbocycles. The number of halogens is 1. The Balaban J connectivity index is 3.50. The van der Waals surface area contributed by atoms with Crippen molar-refractivity contribution in [2.75, 3.05) is 20.9 Å². The van der Waals surface area contributed by atoms with Crippen LogP contribution < -0.4 is 5.14 Å². The average Bonchev–Trinajstić information content (AvgIpc) is 2.31. The van der Waals surface area contributed by atoms with Crippen LogP contribution in [0.25, 0.3) is 0 Å². The summed E-state index contributed by atoms with van der Waals surface area (Å²) in [6.45, 7) is -1.04. The summed E-state index contributed by atoms with van der Waals surface area (Å²) in [5.74, 6) is -1.76. The second-order valence-electron chi connectivity index (χ2n) is 3.34. The lowest BCUT2D eigenvalue weighted by Gasteiger charge is -2.29. The standard InChI is InChI=1S/C10H14FNO4S/c1-15-10(7-11,16-2)8-5-3-4-6-9(8)17(12,13)14/h3-6H,7H2,1-2H3,(H2,12,13,14). The molecular weight excluding hydrogens is 249 g/mol. The van der Waals surface area contributed by atoms with E-state index in [0.29, 0.717) is 0 Å². The van der Waals surface area contributed by atoms with Crippen molar-refractivity contribution in [3.63, 3.8) is 0 Å². The molecule has 1 aromatic rings. The molecule has 0 aliphatic rings. The Bertz CT molecular complexity index is 477. The number of methoxy groups -OCH3 is 2. The maximum atomic E-state index is 13.1. The molecule has 0 radical (unpaired) electrons. The molecule has 0 aromatic heterocycles. The molecule has 96 valence electrons. The van der Waals surface area contributed by atoms with E-state index >= 15 is 0 Å². The molecule has 1 rings (SSSR count). The Morgan fingerprint density at radius 2 is 1.82 bits per heavy atom. The van der Waals surface area contributed by atoms with Crippen LogP contribution in [0.1, 0.15) is 5.56 Å². The average molecular weight is 263 g/mol. The highest BCUT2D eigenvalue weighted by atomic mass is 32.2. The van der Waals surface area contributed by atoms with Crippen molar-refractivity contribution in [1.29, 1.82) is 0 Å². The number of primary sulfonamides is 1. The molecule has 0 amide bonds. The molecule has 0 saturated carbocycles. The molecule has 0 saturated heterocycles. The van der Waals surface area contributed by atoms with Crippen LogP contribution in [0, 0.1) is 0 Å². The number of alkyl halides is 1. The van der Waals surface area contributed by atoms with E-state index in [4.69, 9.17) is 14.6 Å². The molecule has 0 aliphatic carbocycles. The van der Waals surface area contributed by atoms with Crippen LogP contribution in [-0.2, 0) is 25.3 Å².